The van der Waals surface area contributed by atoms with Crippen LogP contribution < -0.4 is 5.32 Å². The number of hydrogen-bond donors (Lipinski definition) is 1. The molecule has 3 unspecified atom stereocenters. The van der Waals surface area contributed by atoms with Gasteiger partial charge in [0.2, 0.25) is 0 Å². The summed E-state index contributed by atoms with van der Waals surface area (Å²) < 4.78 is 0. The summed E-state index contributed by atoms with van der Waals surface area (Å²) in [5.74, 6) is 4.04. The topological polar surface area (TPSA) is 12.0 Å². The Bertz CT molecular complexity index is 207. The monoisotopic (exact) mass is 227 g/mol. The van der Waals surface area contributed by atoms with E-state index in [2.05, 4.69) is 37.8 Å². The van der Waals surface area contributed by atoms with E-state index in [1.54, 1.807) is 0 Å². The van der Waals surface area contributed by atoms with Crippen molar-refractivity contribution in [1.82, 2.24) is 5.32 Å². The van der Waals surface area contributed by atoms with E-state index in [9.17, 15) is 0 Å². The highest BCUT2D eigenvalue weighted by molar-refractivity contribution is 8.00. The van der Waals surface area contributed by atoms with Gasteiger partial charge in [-0.05, 0) is 42.9 Å². The number of hydrogen-bond acceptors (Lipinski definition) is 2. The molecule has 1 heterocycles. The SMILES string of the molecule is CC1CNC2(CCCC(C(C)C)C2)SC1. The summed E-state index contributed by atoms with van der Waals surface area (Å²) in [4.78, 5) is 0.458. The van der Waals surface area contributed by atoms with Gasteiger partial charge in [0.05, 0.1) is 4.87 Å². The van der Waals surface area contributed by atoms with E-state index in [0.29, 0.717) is 4.87 Å². The van der Waals surface area contributed by atoms with Crippen LogP contribution in [0.3, 0.4) is 0 Å². The molecular formula is C13H25NS. The van der Waals surface area contributed by atoms with Crippen LogP contribution in [0.2, 0.25) is 0 Å². The van der Waals surface area contributed by atoms with Gasteiger partial charge >= 0.3 is 0 Å². The highest BCUT2D eigenvalue weighted by Crippen LogP contribution is 2.45. The van der Waals surface area contributed by atoms with Crippen LogP contribution in [0.4, 0.5) is 0 Å². The lowest BCUT2D eigenvalue weighted by Gasteiger charge is -2.46. The predicted octanol–water partition coefficient (Wildman–Crippen LogP) is 3.50. The first-order valence-electron chi connectivity index (χ1n) is 6.50. The van der Waals surface area contributed by atoms with Crippen LogP contribution in [-0.4, -0.2) is 17.2 Å². The van der Waals surface area contributed by atoms with Crippen LogP contribution in [0.5, 0.6) is 0 Å². The fourth-order valence-corrected chi connectivity index (χ4v) is 4.44. The zero-order chi connectivity index (χ0) is 10.9. The summed E-state index contributed by atoms with van der Waals surface area (Å²) in [5, 5.41) is 3.83. The molecule has 0 aromatic rings. The zero-order valence-corrected chi connectivity index (χ0v) is 11.2. The Labute approximate surface area is 98.8 Å². The van der Waals surface area contributed by atoms with Gasteiger partial charge in [0, 0.05) is 0 Å². The van der Waals surface area contributed by atoms with Crippen molar-refractivity contribution in [3.63, 3.8) is 0 Å². The standard InChI is InChI=1S/C13H25NS/c1-10(2)12-5-4-6-13(7-12)14-8-11(3)9-15-13/h10-12,14H,4-9H2,1-3H3. The summed E-state index contributed by atoms with van der Waals surface area (Å²) in [6, 6.07) is 0. The Morgan fingerprint density at radius 2 is 2.20 bits per heavy atom. The Morgan fingerprint density at radius 1 is 1.40 bits per heavy atom. The van der Waals surface area contributed by atoms with Crippen LogP contribution in [-0.2, 0) is 0 Å². The summed E-state index contributed by atoms with van der Waals surface area (Å²) in [7, 11) is 0. The molecule has 88 valence electrons. The average molecular weight is 227 g/mol. The van der Waals surface area contributed by atoms with Crippen molar-refractivity contribution in [1.29, 1.82) is 0 Å². The summed E-state index contributed by atoms with van der Waals surface area (Å²) in [5.41, 5.74) is 0. The van der Waals surface area contributed by atoms with Gasteiger partial charge < -0.3 is 5.32 Å². The molecule has 1 N–H and O–H groups in total. The summed E-state index contributed by atoms with van der Waals surface area (Å²) >= 11 is 2.20. The molecule has 1 aliphatic carbocycles. The molecule has 0 bridgehead atoms. The van der Waals surface area contributed by atoms with Crippen molar-refractivity contribution in [3.05, 3.63) is 0 Å². The molecule has 1 saturated carbocycles. The minimum Gasteiger partial charge on any atom is -0.302 e. The average Bonchev–Trinajstić information content (AvgIpc) is 2.23. The molecule has 1 aliphatic heterocycles. The van der Waals surface area contributed by atoms with Crippen molar-refractivity contribution < 1.29 is 0 Å². The van der Waals surface area contributed by atoms with Gasteiger partial charge in [-0.2, -0.15) is 0 Å². The lowest BCUT2D eigenvalue weighted by Crippen LogP contribution is -2.51. The second-order valence-electron chi connectivity index (χ2n) is 5.89. The minimum absolute atomic E-state index is 0.458. The van der Waals surface area contributed by atoms with Gasteiger partial charge in [0.25, 0.3) is 0 Å². The molecule has 1 spiro atoms. The first kappa shape index (κ1) is 11.8. The molecular weight excluding hydrogens is 202 g/mol. The second kappa shape index (κ2) is 4.67. The maximum Gasteiger partial charge on any atom is 0.0648 e. The summed E-state index contributed by atoms with van der Waals surface area (Å²) in [6.07, 6.45) is 5.68. The van der Waals surface area contributed by atoms with Crippen LogP contribution in [0.1, 0.15) is 46.5 Å². The third-order valence-electron chi connectivity index (χ3n) is 4.11. The van der Waals surface area contributed by atoms with Gasteiger partial charge in [0.15, 0.2) is 0 Å². The maximum atomic E-state index is 3.83. The molecule has 2 aliphatic rings. The first-order chi connectivity index (χ1) is 7.11. The molecule has 2 rings (SSSR count). The van der Waals surface area contributed by atoms with Gasteiger partial charge in [-0.15, -0.1) is 11.8 Å². The van der Waals surface area contributed by atoms with Crippen molar-refractivity contribution in [2.75, 3.05) is 12.3 Å². The maximum absolute atomic E-state index is 3.83. The molecule has 1 saturated heterocycles. The fourth-order valence-electron chi connectivity index (χ4n) is 2.91. The molecule has 15 heavy (non-hydrogen) atoms. The van der Waals surface area contributed by atoms with Gasteiger partial charge in [-0.1, -0.05) is 33.6 Å². The fraction of sp³-hybridized carbons (Fsp3) is 1.00. The Morgan fingerprint density at radius 3 is 2.80 bits per heavy atom. The molecule has 3 atom stereocenters. The molecule has 2 heteroatoms. The normalized spacial score (nSPS) is 42.4. The molecule has 0 amide bonds. The molecule has 0 radical (unpaired) electrons. The van der Waals surface area contributed by atoms with Gasteiger partial charge in [-0.25, -0.2) is 0 Å². The van der Waals surface area contributed by atoms with Crippen molar-refractivity contribution in [2.24, 2.45) is 17.8 Å². The Balaban J connectivity index is 1.96. The van der Waals surface area contributed by atoms with Crippen LogP contribution in [0.15, 0.2) is 0 Å². The van der Waals surface area contributed by atoms with Gasteiger partial charge in [0.1, 0.15) is 0 Å². The highest BCUT2D eigenvalue weighted by atomic mass is 32.2. The molecule has 2 fully saturated rings. The van der Waals surface area contributed by atoms with E-state index < -0.39 is 0 Å². The second-order valence-corrected chi connectivity index (χ2v) is 7.30. The largest absolute Gasteiger partial charge is 0.302 e. The third-order valence-corrected chi connectivity index (χ3v) is 5.91. The molecule has 1 nitrogen and oxygen atoms in total. The van der Waals surface area contributed by atoms with E-state index in [4.69, 9.17) is 0 Å². The highest BCUT2D eigenvalue weighted by Gasteiger charge is 2.39. The Hall–Kier alpha value is 0.310. The van der Waals surface area contributed by atoms with Crippen molar-refractivity contribution in [3.8, 4) is 0 Å². The smallest absolute Gasteiger partial charge is 0.0648 e. The van der Waals surface area contributed by atoms with Crippen LogP contribution >= 0.6 is 11.8 Å². The molecule has 0 aromatic heterocycles. The van der Waals surface area contributed by atoms with E-state index in [1.807, 2.05) is 0 Å². The summed E-state index contributed by atoms with van der Waals surface area (Å²) in [6.45, 7) is 8.37. The predicted molar refractivity (Wildman–Crippen MR) is 69.2 cm³/mol. The van der Waals surface area contributed by atoms with Crippen LogP contribution in [0.25, 0.3) is 0 Å². The van der Waals surface area contributed by atoms with Crippen LogP contribution in [0, 0.1) is 17.8 Å². The van der Waals surface area contributed by atoms with E-state index in [1.165, 1.54) is 38.0 Å². The van der Waals surface area contributed by atoms with Crippen molar-refractivity contribution in [2.45, 2.75) is 51.3 Å². The van der Waals surface area contributed by atoms with Crippen molar-refractivity contribution >= 4 is 11.8 Å². The Kier molecular flexibility index (Phi) is 3.67. The lowest BCUT2D eigenvalue weighted by atomic mass is 9.78. The quantitative estimate of drug-likeness (QED) is 0.736. The van der Waals surface area contributed by atoms with E-state index >= 15 is 0 Å². The number of rotatable bonds is 1. The minimum atomic E-state index is 0.458. The third kappa shape index (κ3) is 2.71. The lowest BCUT2D eigenvalue weighted by molar-refractivity contribution is 0.203. The number of thioether (sulfide) groups is 1. The van der Waals surface area contributed by atoms with E-state index in [0.717, 1.165) is 17.8 Å². The molecule has 0 aromatic carbocycles. The zero-order valence-electron chi connectivity index (χ0n) is 10.4. The van der Waals surface area contributed by atoms with E-state index in [-0.39, 0.29) is 0 Å². The first-order valence-corrected chi connectivity index (χ1v) is 7.49. The van der Waals surface area contributed by atoms with Gasteiger partial charge in [-0.3, -0.25) is 0 Å². The number of nitrogens with one attached hydrogen (secondary N) is 1.